The van der Waals surface area contributed by atoms with Gasteiger partial charge in [-0.3, -0.25) is 4.79 Å². The highest BCUT2D eigenvalue weighted by molar-refractivity contribution is 9.10. The zero-order valence-corrected chi connectivity index (χ0v) is 9.82. The molecule has 2 aromatic rings. The molecule has 1 aromatic heterocycles. The molecule has 16 heavy (non-hydrogen) atoms. The fourth-order valence-electron chi connectivity index (χ4n) is 1.38. The van der Waals surface area contributed by atoms with Crippen LogP contribution in [-0.2, 0) is 6.54 Å². The summed E-state index contributed by atoms with van der Waals surface area (Å²) in [6.45, 7) is 0.260. The lowest BCUT2D eigenvalue weighted by Gasteiger charge is -2.04. The Morgan fingerprint density at radius 2 is 2.19 bits per heavy atom. The Morgan fingerprint density at radius 3 is 2.88 bits per heavy atom. The minimum absolute atomic E-state index is 0.206. The third-order valence-corrected chi connectivity index (χ3v) is 2.50. The maximum atomic E-state index is 13.1. The second-order valence-corrected chi connectivity index (χ2v) is 4.21. The van der Waals surface area contributed by atoms with Crippen molar-refractivity contribution < 1.29 is 4.39 Å². The van der Waals surface area contributed by atoms with Crippen molar-refractivity contribution in [2.24, 2.45) is 0 Å². The van der Waals surface area contributed by atoms with Gasteiger partial charge in [0, 0.05) is 16.7 Å². The van der Waals surface area contributed by atoms with Crippen molar-refractivity contribution in [3.05, 3.63) is 62.7 Å². The van der Waals surface area contributed by atoms with Crippen LogP contribution in [0.15, 0.2) is 45.8 Å². The van der Waals surface area contributed by atoms with E-state index in [4.69, 9.17) is 0 Å². The molecule has 0 amide bonds. The summed E-state index contributed by atoms with van der Waals surface area (Å²) in [5.41, 5.74) is 0.482. The summed E-state index contributed by atoms with van der Waals surface area (Å²) in [5, 5.41) is 3.90. The number of aromatic nitrogens is 2. The van der Waals surface area contributed by atoms with Gasteiger partial charge < -0.3 is 0 Å². The molecule has 0 N–H and O–H groups in total. The van der Waals surface area contributed by atoms with Crippen LogP contribution in [0.3, 0.4) is 0 Å². The minimum atomic E-state index is -0.339. The van der Waals surface area contributed by atoms with Crippen LogP contribution in [0, 0.1) is 5.82 Å². The lowest BCUT2D eigenvalue weighted by atomic mass is 10.2. The first-order valence-electron chi connectivity index (χ1n) is 4.62. The molecule has 0 aliphatic carbocycles. The molecular weight excluding hydrogens is 275 g/mol. The predicted octanol–water partition coefficient (Wildman–Crippen LogP) is 2.19. The zero-order valence-electron chi connectivity index (χ0n) is 8.23. The fraction of sp³-hybridized carbons (Fsp3) is 0.0909. The van der Waals surface area contributed by atoms with E-state index in [-0.39, 0.29) is 17.9 Å². The maximum absolute atomic E-state index is 13.1. The van der Waals surface area contributed by atoms with Crippen molar-refractivity contribution in [1.29, 1.82) is 0 Å². The van der Waals surface area contributed by atoms with Crippen LogP contribution in [0.25, 0.3) is 0 Å². The molecule has 0 aliphatic rings. The van der Waals surface area contributed by atoms with E-state index >= 15 is 0 Å². The summed E-state index contributed by atoms with van der Waals surface area (Å²) in [7, 11) is 0. The van der Waals surface area contributed by atoms with Gasteiger partial charge in [0.15, 0.2) is 0 Å². The van der Waals surface area contributed by atoms with E-state index in [0.29, 0.717) is 10.0 Å². The third-order valence-electron chi connectivity index (χ3n) is 2.04. The molecule has 1 heterocycles. The Balaban J connectivity index is 2.34. The van der Waals surface area contributed by atoms with Gasteiger partial charge in [0.1, 0.15) is 5.82 Å². The standard InChI is InChI=1S/C11H8BrFN2O/c12-9-4-8(5-10(13)6-9)7-15-11(16)2-1-3-14-15/h1-6H,7H2. The summed E-state index contributed by atoms with van der Waals surface area (Å²) in [5.74, 6) is -0.339. The number of nitrogens with zero attached hydrogens (tertiary/aromatic N) is 2. The summed E-state index contributed by atoms with van der Waals surface area (Å²) < 4.78 is 15.0. The number of hydrogen-bond acceptors (Lipinski definition) is 2. The van der Waals surface area contributed by atoms with Crippen molar-refractivity contribution >= 4 is 15.9 Å². The largest absolute Gasteiger partial charge is 0.268 e. The monoisotopic (exact) mass is 282 g/mol. The molecule has 0 aliphatic heterocycles. The third kappa shape index (κ3) is 2.55. The molecular formula is C11H8BrFN2O. The van der Waals surface area contributed by atoms with E-state index in [1.165, 1.54) is 29.1 Å². The number of halogens is 2. The van der Waals surface area contributed by atoms with Crippen LogP contribution in [0.2, 0.25) is 0 Å². The van der Waals surface area contributed by atoms with Crippen molar-refractivity contribution in [2.75, 3.05) is 0 Å². The zero-order chi connectivity index (χ0) is 11.5. The average molecular weight is 283 g/mol. The van der Waals surface area contributed by atoms with Crippen LogP contribution in [0.4, 0.5) is 4.39 Å². The molecule has 1 aromatic carbocycles. The topological polar surface area (TPSA) is 34.9 Å². The second kappa shape index (κ2) is 4.57. The molecule has 5 heteroatoms. The van der Waals surface area contributed by atoms with Gasteiger partial charge in [-0.2, -0.15) is 5.10 Å². The average Bonchev–Trinajstić information content (AvgIpc) is 2.20. The first-order valence-corrected chi connectivity index (χ1v) is 5.41. The molecule has 82 valence electrons. The quantitative estimate of drug-likeness (QED) is 0.846. The first kappa shape index (κ1) is 11.0. The summed E-state index contributed by atoms with van der Waals surface area (Å²) in [6.07, 6.45) is 1.52. The van der Waals surface area contributed by atoms with E-state index in [1.54, 1.807) is 12.1 Å². The van der Waals surface area contributed by atoms with Gasteiger partial charge in [0.25, 0.3) is 5.56 Å². The molecule has 0 saturated heterocycles. The first-order chi connectivity index (χ1) is 7.65. The van der Waals surface area contributed by atoms with Crippen molar-refractivity contribution in [1.82, 2.24) is 9.78 Å². The van der Waals surface area contributed by atoms with Crippen molar-refractivity contribution in [2.45, 2.75) is 6.54 Å². The van der Waals surface area contributed by atoms with Crippen LogP contribution in [-0.4, -0.2) is 9.78 Å². The van der Waals surface area contributed by atoms with E-state index in [9.17, 15) is 9.18 Å². The fourth-order valence-corrected chi connectivity index (χ4v) is 1.89. The lowest BCUT2D eigenvalue weighted by molar-refractivity contribution is 0.609. The minimum Gasteiger partial charge on any atom is -0.268 e. The van der Waals surface area contributed by atoms with Gasteiger partial charge in [0.2, 0.25) is 0 Å². The van der Waals surface area contributed by atoms with Crippen LogP contribution >= 0.6 is 15.9 Å². The normalized spacial score (nSPS) is 10.4. The molecule has 0 unspecified atom stereocenters. The molecule has 0 atom stereocenters. The molecule has 2 rings (SSSR count). The second-order valence-electron chi connectivity index (χ2n) is 3.30. The summed E-state index contributed by atoms with van der Waals surface area (Å²) in [6, 6.07) is 7.49. The van der Waals surface area contributed by atoms with E-state index in [0.717, 1.165) is 0 Å². The summed E-state index contributed by atoms with van der Waals surface area (Å²) >= 11 is 3.20. The van der Waals surface area contributed by atoms with E-state index in [2.05, 4.69) is 21.0 Å². The number of hydrogen-bond donors (Lipinski definition) is 0. The summed E-state index contributed by atoms with van der Waals surface area (Å²) in [4.78, 5) is 11.4. The molecule has 3 nitrogen and oxygen atoms in total. The Bertz CT molecular complexity index is 548. The lowest BCUT2D eigenvalue weighted by Crippen LogP contribution is -2.21. The smallest absolute Gasteiger partial charge is 0.267 e. The van der Waals surface area contributed by atoms with Gasteiger partial charge in [-0.15, -0.1) is 0 Å². The Labute approximate surface area is 99.7 Å². The molecule has 0 fully saturated rings. The van der Waals surface area contributed by atoms with E-state index < -0.39 is 0 Å². The molecule has 0 spiro atoms. The van der Waals surface area contributed by atoms with Gasteiger partial charge in [-0.05, 0) is 29.8 Å². The van der Waals surface area contributed by atoms with Crippen LogP contribution in [0.1, 0.15) is 5.56 Å². The number of benzene rings is 1. The van der Waals surface area contributed by atoms with Gasteiger partial charge in [-0.25, -0.2) is 9.07 Å². The highest BCUT2D eigenvalue weighted by Crippen LogP contribution is 2.15. The molecule has 0 saturated carbocycles. The molecule has 0 bridgehead atoms. The SMILES string of the molecule is O=c1cccnn1Cc1cc(F)cc(Br)c1. The van der Waals surface area contributed by atoms with E-state index in [1.807, 2.05) is 0 Å². The van der Waals surface area contributed by atoms with Crippen LogP contribution < -0.4 is 5.56 Å². The van der Waals surface area contributed by atoms with Crippen molar-refractivity contribution in [3.63, 3.8) is 0 Å². The Hall–Kier alpha value is -1.49. The Morgan fingerprint density at radius 1 is 1.38 bits per heavy atom. The predicted molar refractivity (Wildman–Crippen MR) is 61.7 cm³/mol. The maximum Gasteiger partial charge on any atom is 0.267 e. The number of rotatable bonds is 2. The van der Waals surface area contributed by atoms with Crippen molar-refractivity contribution in [3.8, 4) is 0 Å². The van der Waals surface area contributed by atoms with Crippen LogP contribution in [0.5, 0.6) is 0 Å². The van der Waals surface area contributed by atoms with Gasteiger partial charge in [-0.1, -0.05) is 15.9 Å². The highest BCUT2D eigenvalue weighted by atomic mass is 79.9. The van der Waals surface area contributed by atoms with Gasteiger partial charge >= 0.3 is 0 Å². The highest BCUT2D eigenvalue weighted by Gasteiger charge is 2.01. The Kier molecular flexibility index (Phi) is 3.14. The van der Waals surface area contributed by atoms with Gasteiger partial charge in [0.05, 0.1) is 6.54 Å². The molecule has 0 radical (unpaired) electrons.